The Morgan fingerprint density at radius 2 is 1.62 bits per heavy atom. The molecule has 0 atom stereocenters. The smallest absolute Gasteiger partial charge is 0.246 e. The first kappa shape index (κ1) is 21.7. The number of amides is 2. The lowest BCUT2D eigenvalue weighted by Crippen LogP contribution is -2.43. The van der Waals surface area contributed by atoms with Gasteiger partial charge in [0, 0.05) is 31.3 Å². The van der Waals surface area contributed by atoms with Crippen LogP contribution in [0.3, 0.4) is 0 Å². The van der Waals surface area contributed by atoms with E-state index in [4.69, 9.17) is 4.52 Å². The molecule has 3 aromatic rings. The van der Waals surface area contributed by atoms with Gasteiger partial charge in [0.25, 0.3) is 0 Å². The van der Waals surface area contributed by atoms with Crippen LogP contribution in [0.4, 0.5) is 0 Å². The highest BCUT2D eigenvalue weighted by Gasteiger charge is 2.29. The number of likely N-dealkylation sites (tertiary alicyclic amines) is 1. The standard InChI is InChI=1S/C25H28N4O3/c1-18-27-23(32-28-18)17-26-25(31)21-12-14-29(15-13-21)24(30)16-22(19-8-4-2-5-9-19)20-10-6-3-7-11-20/h2-11,21-22H,12-17H2,1H3,(H,26,31). The Morgan fingerprint density at radius 1 is 1.03 bits per heavy atom. The molecule has 0 radical (unpaired) electrons. The fraction of sp³-hybridized carbons (Fsp3) is 0.360. The normalized spacial score (nSPS) is 14.5. The molecule has 1 aliphatic rings. The van der Waals surface area contributed by atoms with Crippen LogP contribution in [0.5, 0.6) is 0 Å². The molecule has 0 aliphatic carbocycles. The first-order valence-corrected chi connectivity index (χ1v) is 11.0. The molecule has 1 saturated heterocycles. The van der Waals surface area contributed by atoms with Crippen molar-refractivity contribution in [3.8, 4) is 0 Å². The Morgan fingerprint density at radius 3 is 2.16 bits per heavy atom. The van der Waals surface area contributed by atoms with Crippen LogP contribution in [0.25, 0.3) is 0 Å². The maximum Gasteiger partial charge on any atom is 0.246 e. The highest BCUT2D eigenvalue weighted by atomic mass is 16.5. The summed E-state index contributed by atoms with van der Waals surface area (Å²) in [4.78, 5) is 31.6. The lowest BCUT2D eigenvalue weighted by atomic mass is 9.87. The lowest BCUT2D eigenvalue weighted by Gasteiger charge is -2.32. The number of aromatic nitrogens is 2. The maximum absolute atomic E-state index is 13.1. The molecule has 7 nitrogen and oxygen atoms in total. The van der Waals surface area contributed by atoms with Crippen molar-refractivity contribution in [2.24, 2.45) is 5.92 Å². The van der Waals surface area contributed by atoms with Crippen molar-refractivity contribution in [2.45, 2.75) is 38.6 Å². The third-order valence-corrected chi connectivity index (χ3v) is 5.98. The first-order valence-electron chi connectivity index (χ1n) is 11.0. The van der Waals surface area contributed by atoms with Crippen LogP contribution in [-0.4, -0.2) is 39.9 Å². The Hall–Kier alpha value is -3.48. The molecule has 1 aliphatic heterocycles. The third kappa shape index (κ3) is 5.41. The van der Waals surface area contributed by atoms with Gasteiger partial charge < -0.3 is 14.7 Å². The van der Waals surface area contributed by atoms with Crippen molar-refractivity contribution in [3.63, 3.8) is 0 Å². The van der Waals surface area contributed by atoms with E-state index in [0.29, 0.717) is 44.1 Å². The molecule has 1 aromatic heterocycles. The van der Waals surface area contributed by atoms with Gasteiger partial charge in [-0.3, -0.25) is 9.59 Å². The molecule has 166 valence electrons. The summed E-state index contributed by atoms with van der Waals surface area (Å²) >= 11 is 0. The summed E-state index contributed by atoms with van der Waals surface area (Å²) < 4.78 is 5.03. The van der Waals surface area contributed by atoms with E-state index in [0.717, 1.165) is 11.1 Å². The van der Waals surface area contributed by atoms with E-state index in [1.54, 1.807) is 6.92 Å². The lowest BCUT2D eigenvalue weighted by molar-refractivity contribution is -0.135. The van der Waals surface area contributed by atoms with Crippen molar-refractivity contribution < 1.29 is 14.1 Å². The molecule has 2 amide bonds. The molecule has 1 N–H and O–H groups in total. The highest BCUT2D eigenvalue weighted by molar-refractivity contribution is 5.80. The Labute approximate surface area is 187 Å². The summed E-state index contributed by atoms with van der Waals surface area (Å²) in [6.07, 6.45) is 1.73. The van der Waals surface area contributed by atoms with Crippen LogP contribution < -0.4 is 5.32 Å². The van der Waals surface area contributed by atoms with Crippen molar-refractivity contribution in [1.82, 2.24) is 20.4 Å². The van der Waals surface area contributed by atoms with Crippen molar-refractivity contribution in [1.29, 1.82) is 0 Å². The van der Waals surface area contributed by atoms with Gasteiger partial charge in [-0.25, -0.2) is 0 Å². The van der Waals surface area contributed by atoms with Gasteiger partial charge in [0.15, 0.2) is 5.82 Å². The van der Waals surface area contributed by atoms with Crippen LogP contribution in [-0.2, 0) is 16.1 Å². The minimum Gasteiger partial charge on any atom is -0.347 e. The number of hydrogen-bond acceptors (Lipinski definition) is 5. The van der Waals surface area contributed by atoms with E-state index in [2.05, 4.69) is 39.7 Å². The highest BCUT2D eigenvalue weighted by Crippen LogP contribution is 2.29. The average molecular weight is 433 g/mol. The molecule has 4 rings (SSSR count). The second-order valence-corrected chi connectivity index (χ2v) is 8.19. The zero-order chi connectivity index (χ0) is 22.3. The van der Waals surface area contributed by atoms with Crippen LogP contribution in [0.1, 0.15) is 48.0 Å². The fourth-order valence-corrected chi connectivity index (χ4v) is 4.21. The number of carbonyl (C=O) groups is 2. The van der Waals surface area contributed by atoms with E-state index in [9.17, 15) is 9.59 Å². The molecule has 0 bridgehead atoms. The summed E-state index contributed by atoms with van der Waals surface area (Å²) in [5.74, 6) is 0.954. The van der Waals surface area contributed by atoms with E-state index in [1.165, 1.54) is 0 Å². The van der Waals surface area contributed by atoms with Gasteiger partial charge >= 0.3 is 0 Å². The summed E-state index contributed by atoms with van der Waals surface area (Å²) in [7, 11) is 0. The number of hydrogen-bond donors (Lipinski definition) is 1. The summed E-state index contributed by atoms with van der Waals surface area (Å²) in [5.41, 5.74) is 2.27. The average Bonchev–Trinajstić information content (AvgIpc) is 3.27. The second-order valence-electron chi connectivity index (χ2n) is 8.19. The van der Waals surface area contributed by atoms with E-state index in [-0.39, 0.29) is 30.2 Å². The number of benzene rings is 2. The van der Waals surface area contributed by atoms with Crippen LogP contribution in [0.15, 0.2) is 65.2 Å². The quantitative estimate of drug-likeness (QED) is 0.618. The monoisotopic (exact) mass is 432 g/mol. The third-order valence-electron chi connectivity index (χ3n) is 5.98. The number of carbonyl (C=O) groups excluding carboxylic acids is 2. The SMILES string of the molecule is Cc1noc(CNC(=O)C2CCN(C(=O)CC(c3ccccc3)c3ccccc3)CC2)n1. The van der Waals surface area contributed by atoms with Crippen LogP contribution in [0.2, 0.25) is 0 Å². The molecule has 2 heterocycles. The number of nitrogens with one attached hydrogen (secondary N) is 1. The Bertz CT molecular complexity index is 988. The Kier molecular flexibility index (Phi) is 6.94. The van der Waals surface area contributed by atoms with Gasteiger partial charge in [-0.05, 0) is 30.9 Å². The fourth-order valence-electron chi connectivity index (χ4n) is 4.21. The first-order chi connectivity index (χ1) is 15.6. The molecule has 0 spiro atoms. The zero-order valence-corrected chi connectivity index (χ0v) is 18.2. The van der Waals surface area contributed by atoms with Gasteiger partial charge in [0.05, 0.1) is 6.54 Å². The molecule has 32 heavy (non-hydrogen) atoms. The van der Waals surface area contributed by atoms with Gasteiger partial charge in [-0.1, -0.05) is 65.8 Å². The predicted molar refractivity (Wildman–Crippen MR) is 120 cm³/mol. The maximum atomic E-state index is 13.1. The minimum absolute atomic E-state index is 0.0174. The van der Waals surface area contributed by atoms with Crippen molar-refractivity contribution in [2.75, 3.05) is 13.1 Å². The molecular formula is C25H28N4O3. The molecule has 2 aromatic carbocycles. The molecule has 0 unspecified atom stereocenters. The predicted octanol–water partition coefficient (Wildman–Crippen LogP) is 3.46. The summed E-state index contributed by atoms with van der Waals surface area (Å²) in [6, 6.07) is 20.3. The molecular weight excluding hydrogens is 404 g/mol. The summed E-state index contributed by atoms with van der Waals surface area (Å²) in [5, 5.41) is 6.58. The van der Waals surface area contributed by atoms with Gasteiger partial charge in [0.2, 0.25) is 17.7 Å². The largest absolute Gasteiger partial charge is 0.347 e. The number of piperidine rings is 1. The summed E-state index contributed by atoms with van der Waals surface area (Å²) in [6.45, 7) is 3.15. The van der Waals surface area contributed by atoms with E-state index >= 15 is 0 Å². The van der Waals surface area contributed by atoms with Gasteiger partial charge in [-0.2, -0.15) is 4.98 Å². The van der Waals surface area contributed by atoms with Crippen molar-refractivity contribution >= 4 is 11.8 Å². The number of nitrogens with zero attached hydrogens (tertiary/aromatic N) is 3. The Balaban J connectivity index is 1.32. The van der Waals surface area contributed by atoms with Crippen LogP contribution >= 0.6 is 0 Å². The van der Waals surface area contributed by atoms with Gasteiger partial charge in [0.1, 0.15) is 0 Å². The molecule has 0 saturated carbocycles. The molecule has 1 fully saturated rings. The molecule has 7 heteroatoms. The van der Waals surface area contributed by atoms with Crippen LogP contribution in [0, 0.1) is 12.8 Å². The van der Waals surface area contributed by atoms with E-state index in [1.807, 2.05) is 41.3 Å². The second kappa shape index (κ2) is 10.2. The topological polar surface area (TPSA) is 88.3 Å². The van der Waals surface area contributed by atoms with Gasteiger partial charge in [-0.15, -0.1) is 0 Å². The number of rotatable bonds is 7. The number of aryl methyl sites for hydroxylation is 1. The van der Waals surface area contributed by atoms with Crippen molar-refractivity contribution in [3.05, 3.63) is 83.5 Å². The van der Waals surface area contributed by atoms with E-state index < -0.39 is 0 Å². The minimum atomic E-state index is -0.109. The zero-order valence-electron chi connectivity index (χ0n) is 18.2.